The molecule has 4 atom stereocenters. The highest BCUT2D eigenvalue weighted by Gasteiger charge is 2.49. The monoisotopic (exact) mass is 717 g/mol. The Morgan fingerprint density at radius 1 is 1.00 bits per heavy atom. The molecule has 7 N–H and O–H groups in total. The third-order valence-corrected chi connectivity index (χ3v) is 12.2. The largest absolute Gasteiger partial charge is 0.464 e. The molecule has 1 heterocycles. The van der Waals surface area contributed by atoms with Crippen molar-refractivity contribution in [3.05, 3.63) is 71.9 Å². The normalized spacial score (nSPS) is 17.6. The molecule has 15 heteroatoms. The Bertz CT molecular complexity index is 1780. The molecule has 2 aromatic carbocycles. The van der Waals surface area contributed by atoms with E-state index in [1.165, 1.54) is 0 Å². The van der Waals surface area contributed by atoms with Gasteiger partial charge in [-0.3, -0.25) is 18.7 Å². The van der Waals surface area contributed by atoms with Crippen molar-refractivity contribution in [2.45, 2.75) is 82.6 Å². The van der Waals surface area contributed by atoms with E-state index in [9.17, 15) is 37.4 Å². The first kappa shape index (κ1) is 38.3. The van der Waals surface area contributed by atoms with E-state index in [0.717, 1.165) is 21.8 Å². The molecule has 0 aliphatic heterocycles. The fraction of sp³-hybridized carbons (Fsp3) is 0.500. The predicted molar refractivity (Wildman–Crippen MR) is 189 cm³/mol. The topological polar surface area (TPSA) is 210 Å². The van der Waals surface area contributed by atoms with E-state index in [0.29, 0.717) is 62.6 Å². The number of hydrogen-bond acceptors (Lipinski definition) is 7. The number of para-hydroxylation sites is 1. The summed E-state index contributed by atoms with van der Waals surface area (Å²) in [5.74, 6) is -2.38. The third-order valence-electron chi connectivity index (χ3n) is 9.16. The molecule has 1 aromatic heterocycles. The number of carboxylic acid groups (broad SMARTS) is 1. The van der Waals surface area contributed by atoms with Gasteiger partial charge in [0.25, 0.3) is 0 Å². The molecule has 1 unspecified atom stereocenters. The highest BCUT2D eigenvalue weighted by atomic mass is 32.2. The fourth-order valence-electron chi connectivity index (χ4n) is 6.77. The zero-order chi connectivity index (χ0) is 35.8. The van der Waals surface area contributed by atoms with Gasteiger partial charge in [-0.25, -0.2) is 17.9 Å². The number of sulfonamides is 1. The molecule has 1 aliphatic rings. The quantitative estimate of drug-likeness (QED) is 0.0885. The van der Waals surface area contributed by atoms with Gasteiger partial charge in [0, 0.05) is 30.2 Å². The van der Waals surface area contributed by atoms with Crippen molar-refractivity contribution in [3.8, 4) is 0 Å². The maximum absolute atomic E-state index is 14.4. The molecule has 1 fully saturated rings. The van der Waals surface area contributed by atoms with Crippen LogP contribution < -0.4 is 21.1 Å². The number of carbonyl (C=O) groups is 3. The van der Waals surface area contributed by atoms with Crippen LogP contribution in [0, 0.1) is 5.41 Å². The standard InChI is InChI=1S/C34H48N5O8PS/c1-24(20-26-22-39(33(42)43)29-16-7-6-14-27(26)29)36-32(41)34(17-9-10-18-34)23-48(44,45)30(21-25-12-4-3-5-13-25)37-31(40)28(15-8-11-19-35)38-49(2,46)47/h3-7,12-14,16,22,24,28,30,38H,8-11,15,17-21,23,35H2,1-2H3,(H,36,41)(H,37,40)(H,42,43)(H,44,45)/t24-,28+,30-/m1/s1. The van der Waals surface area contributed by atoms with Gasteiger partial charge in [-0.2, -0.15) is 0 Å². The fourth-order valence-corrected chi connectivity index (χ4v) is 9.89. The summed E-state index contributed by atoms with van der Waals surface area (Å²) in [5.41, 5.74) is 6.40. The minimum Gasteiger partial charge on any atom is -0.464 e. The maximum Gasteiger partial charge on any atom is 0.416 e. The SMILES string of the molecule is C[C@H](Cc1cn(C(=O)O)c2ccccc12)NC(=O)C1(CP(=O)(O)[C@H](Cc2ccccc2)NC(=O)[C@H](CCCCN)NS(C)(=O)=O)CCCC1. The van der Waals surface area contributed by atoms with Crippen LogP contribution in [0.15, 0.2) is 60.8 Å². The minimum atomic E-state index is -4.32. The number of nitrogens with one attached hydrogen (secondary N) is 3. The summed E-state index contributed by atoms with van der Waals surface area (Å²) >= 11 is 0. The Morgan fingerprint density at radius 3 is 2.29 bits per heavy atom. The van der Waals surface area contributed by atoms with E-state index < -0.39 is 52.7 Å². The van der Waals surface area contributed by atoms with E-state index in [4.69, 9.17) is 5.73 Å². The molecule has 3 aromatic rings. The molecular weight excluding hydrogens is 669 g/mol. The summed E-state index contributed by atoms with van der Waals surface area (Å²) < 4.78 is 42.1. The van der Waals surface area contributed by atoms with Crippen LogP contribution in [0.2, 0.25) is 0 Å². The molecule has 13 nitrogen and oxygen atoms in total. The Kier molecular flexibility index (Phi) is 12.8. The molecule has 1 aliphatic carbocycles. The molecular formula is C34H48N5O8PS. The smallest absolute Gasteiger partial charge is 0.416 e. The number of amides is 2. The maximum atomic E-state index is 14.4. The summed E-state index contributed by atoms with van der Waals surface area (Å²) in [7, 11) is -8.10. The van der Waals surface area contributed by atoms with Gasteiger partial charge in [0.15, 0.2) is 0 Å². The van der Waals surface area contributed by atoms with Gasteiger partial charge in [-0.1, -0.05) is 67.8 Å². The summed E-state index contributed by atoms with van der Waals surface area (Å²) in [6, 6.07) is 14.4. The van der Waals surface area contributed by atoms with Crippen LogP contribution in [0.4, 0.5) is 4.79 Å². The first-order valence-corrected chi connectivity index (χ1v) is 20.4. The lowest BCUT2D eigenvalue weighted by atomic mass is 9.87. The second-order valence-corrected chi connectivity index (χ2v) is 17.5. The number of carbonyl (C=O) groups excluding carboxylic acids is 2. The third kappa shape index (κ3) is 10.2. The van der Waals surface area contributed by atoms with Crippen molar-refractivity contribution in [1.82, 2.24) is 19.9 Å². The number of nitrogens with zero attached hydrogens (tertiary/aromatic N) is 1. The van der Waals surface area contributed by atoms with Gasteiger partial charge in [-0.15, -0.1) is 0 Å². The van der Waals surface area contributed by atoms with Crippen molar-refractivity contribution >= 4 is 46.2 Å². The van der Waals surface area contributed by atoms with Crippen LogP contribution in [-0.4, -0.2) is 77.7 Å². The van der Waals surface area contributed by atoms with Gasteiger partial charge in [0.05, 0.1) is 17.2 Å². The summed E-state index contributed by atoms with van der Waals surface area (Å²) in [4.78, 5) is 51.2. The van der Waals surface area contributed by atoms with Gasteiger partial charge in [0.2, 0.25) is 29.2 Å². The van der Waals surface area contributed by atoms with Crippen LogP contribution in [0.1, 0.15) is 63.0 Å². The van der Waals surface area contributed by atoms with Gasteiger partial charge in [0.1, 0.15) is 11.8 Å². The van der Waals surface area contributed by atoms with Crippen LogP contribution in [0.25, 0.3) is 10.9 Å². The van der Waals surface area contributed by atoms with Crippen molar-refractivity contribution < 1.29 is 37.4 Å². The van der Waals surface area contributed by atoms with E-state index in [-0.39, 0.29) is 24.9 Å². The van der Waals surface area contributed by atoms with Crippen molar-refractivity contribution in [2.24, 2.45) is 11.1 Å². The van der Waals surface area contributed by atoms with Crippen LogP contribution in [-0.2, 0) is 37.0 Å². The van der Waals surface area contributed by atoms with Crippen molar-refractivity contribution in [3.63, 3.8) is 0 Å². The van der Waals surface area contributed by atoms with E-state index in [1.54, 1.807) is 48.7 Å². The highest BCUT2D eigenvalue weighted by molar-refractivity contribution is 7.88. The number of unbranched alkanes of at least 4 members (excludes halogenated alkanes) is 1. The molecule has 0 bridgehead atoms. The van der Waals surface area contributed by atoms with E-state index in [1.807, 2.05) is 19.1 Å². The second kappa shape index (κ2) is 16.4. The first-order valence-electron chi connectivity index (χ1n) is 16.6. The lowest BCUT2D eigenvalue weighted by Gasteiger charge is -2.34. The Balaban J connectivity index is 1.56. The van der Waals surface area contributed by atoms with Gasteiger partial charge < -0.3 is 26.4 Å². The summed E-state index contributed by atoms with van der Waals surface area (Å²) in [6.45, 7) is 2.17. The van der Waals surface area contributed by atoms with Crippen LogP contribution >= 0.6 is 7.37 Å². The van der Waals surface area contributed by atoms with Crippen molar-refractivity contribution in [1.29, 1.82) is 0 Å². The zero-order valence-corrected chi connectivity index (χ0v) is 29.7. The number of benzene rings is 2. The molecule has 1 saturated carbocycles. The molecule has 2 amide bonds. The highest BCUT2D eigenvalue weighted by Crippen LogP contribution is 2.55. The van der Waals surface area contributed by atoms with Gasteiger partial charge >= 0.3 is 6.09 Å². The molecule has 0 spiro atoms. The molecule has 49 heavy (non-hydrogen) atoms. The van der Waals surface area contributed by atoms with Crippen molar-refractivity contribution in [2.75, 3.05) is 19.0 Å². The average Bonchev–Trinajstić information content (AvgIpc) is 3.66. The number of aromatic nitrogens is 1. The summed E-state index contributed by atoms with van der Waals surface area (Å²) in [5, 5.41) is 16.2. The summed E-state index contributed by atoms with van der Waals surface area (Å²) in [6.07, 6.45) is 4.67. The number of hydrogen-bond donors (Lipinski definition) is 6. The zero-order valence-electron chi connectivity index (χ0n) is 28.0. The Hall–Kier alpha value is -3.55. The molecule has 268 valence electrons. The van der Waals surface area contributed by atoms with E-state index >= 15 is 0 Å². The molecule has 0 radical (unpaired) electrons. The second-order valence-electron chi connectivity index (χ2n) is 13.2. The lowest BCUT2D eigenvalue weighted by molar-refractivity contribution is -0.130. The Morgan fingerprint density at radius 2 is 1.65 bits per heavy atom. The van der Waals surface area contributed by atoms with Crippen LogP contribution in [0.3, 0.4) is 0 Å². The first-order chi connectivity index (χ1) is 23.1. The lowest BCUT2D eigenvalue weighted by Crippen LogP contribution is -2.51. The molecule has 4 rings (SSSR count). The van der Waals surface area contributed by atoms with Gasteiger partial charge in [-0.05, 0) is 62.8 Å². The number of nitrogens with two attached hydrogens (primary N) is 1. The van der Waals surface area contributed by atoms with Crippen LogP contribution in [0.5, 0.6) is 0 Å². The Labute approximate surface area is 287 Å². The van der Waals surface area contributed by atoms with E-state index in [2.05, 4.69) is 15.4 Å². The minimum absolute atomic E-state index is 0.00348. The molecule has 0 saturated heterocycles. The average molecular weight is 718 g/mol. The predicted octanol–water partition coefficient (Wildman–Crippen LogP) is 3.78. The number of rotatable bonds is 17. The number of fused-ring (bicyclic) bond motifs is 1.